The lowest BCUT2D eigenvalue weighted by Crippen LogP contribution is -2.44. The van der Waals surface area contributed by atoms with Gasteiger partial charge in [-0.25, -0.2) is 0 Å². The zero-order valence-electron chi connectivity index (χ0n) is 15.4. The Balaban J connectivity index is 2.39. The predicted molar refractivity (Wildman–Crippen MR) is 98.8 cm³/mol. The molecule has 0 saturated carbocycles. The summed E-state index contributed by atoms with van der Waals surface area (Å²) in [7, 11) is 3.97. The molecule has 0 fully saturated rings. The van der Waals surface area contributed by atoms with E-state index in [-0.39, 0.29) is 12.1 Å². The van der Waals surface area contributed by atoms with Gasteiger partial charge in [-0.2, -0.15) is 0 Å². The quantitative estimate of drug-likeness (QED) is 0.477. The fourth-order valence-electron chi connectivity index (χ4n) is 2.76. The van der Waals surface area contributed by atoms with Crippen molar-refractivity contribution < 1.29 is 4.79 Å². The van der Waals surface area contributed by atoms with Gasteiger partial charge in [0.15, 0.2) is 0 Å². The number of carbonyl (C=O) groups excluding carboxylic acids is 1. The van der Waals surface area contributed by atoms with E-state index in [1.54, 1.807) is 0 Å². The molecule has 3 nitrogen and oxygen atoms in total. The van der Waals surface area contributed by atoms with Crippen LogP contribution in [0.25, 0.3) is 0 Å². The van der Waals surface area contributed by atoms with Gasteiger partial charge in [-0.3, -0.25) is 9.69 Å². The van der Waals surface area contributed by atoms with Crippen LogP contribution in [0.1, 0.15) is 74.7 Å². The molecule has 0 spiro atoms. The van der Waals surface area contributed by atoms with Gasteiger partial charge >= 0.3 is 0 Å². The van der Waals surface area contributed by atoms with E-state index in [0.29, 0.717) is 0 Å². The average Bonchev–Trinajstić information content (AvgIpc) is 2.55. The van der Waals surface area contributed by atoms with Crippen LogP contribution < -0.4 is 5.32 Å². The van der Waals surface area contributed by atoms with Gasteiger partial charge < -0.3 is 5.32 Å². The molecule has 1 atom stereocenters. The molecule has 1 amide bonds. The summed E-state index contributed by atoms with van der Waals surface area (Å²) in [4.78, 5) is 14.3. The average molecular weight is 319 g/mol. The molecule has 3 heteroatoms. The Kier molecular flexibility index (Phi) is 9.61. The van der Waals surface area contributed by atoms with Crippen LogP contribution in [-0.4, -0.2) is 31.1 Å². The van der Waals surface area contributed by atoms with E-state index >= 15 is 0 Å². The maximum Gasteiger partial charge on any atom is 0.252 e. The van der Waals surface area contributed by atoms with Crippen molar-refractivity contribution in [2.45, 2.75) is 71.4 Å². The van der Waals surface area contributed by atoms with Gasteiger partial charge in [0, 0.05) is 5.56 Å². The van der Waals surface area contributed by atoms with Crippen molar-refractivity contribution in [2.75, 3.05) is 14.1 Å². The molecule has 1 unspecified atom stereocenters. The van der Waals surface area contributed by atoms with Crippen LogP contribution in [0.15, 0.2) is 24.3 Å². The van der Waals surface area contributed by atoms with E-state index in [2.05, 4.69) is 31.3 Å². The van der Waals surface area contributed by atoms with Gasteiger partial charge in [0.1, 0.15) is 0 Å². The first-order valence-corrected chi connectivity index (χ1v) is 9.14. The summed E-state index contributed by atoms with van der Waals surface area (Å²) >= 11 is 0. The van der Waals surface area contributed by atoms with Crippen LogP contribution in [0.2, 0.25) is 0 Å². The number of unbranched alkanes of at least 4 members (excludes halogenated alkanes) is 5. The summed E-state index contributed by atoms with van der Waals surface area (Å²) in [5.41, 5.74) is 2.08. The summed E-state index contributed by atoms with van der Waals surface area (Å²) in [6.45, 7) is 4.33. The van der Waals surface area contributed by atoms with Crippen molar-refractivity contribution in [1.82, 2.24) is 10.2 Å². The number of nitrogens with zero attached hydrogens (tertiary/aromatic N) is 1. The topological polar surface area (TPSA) is 32.3 Å². The van der Waals surface area contributed by atoms with Crippen molar-refractivity contribution >= 4 is 5.91 Å². The Hall–Kier alpha value is -1.35. The molecule has 1 aromatic rings. The minimum atomic E-state index is 0.0108. The van der Waals surface area contributed by atoms with Crippen LogP contribution in [-0.2, 0) is 6.42 Å². The van der Waals surface area contributed by atoms with E-state index < -0.39 is 0 Å². The SMILES string of the molecule is CCCCCCCCc1ccc(C(=O)NC(CC)N(C)C)cc1. The largest absolute Gasteiger partial charge is 0.337 e. The first-order valence-electron chi connectivity index (χ1n) is 9.14. The minimum Gasteiger partial charge on any atom is -0.337 e. The van der Waals surface area contributed by atoms with Crippen molar-refractivity contribution in [3.05, 3.63) is 35.4 Å². The van der Waals surface area contributed by atoms with Crippen molar-refractivity contribution in [3.8, 4) is 0 Å². The first kappa shape index (κ1) is 19.7. The third kappa shape index (κ3) is 7.65. The van der Waals surface area contributed by atoms with E-state index in [4.69, 9.17) is 0 Å². The maximum absolute atomic E-state index is 12.3. The smallest absolute Gasteiger partial charge is 0.252 e. The summed E-state index contributed by atoms with van der Waals surface area (Å²) in [5, 5.41) is 3.06. The lowest BCUT2D eigenvalue weighted by molar-refractivity contribution is 0.0887. The van der Waals surface area contributed by atoms with Crippen LogP contribution in [0, 0.1) is 0 Å². The molecule has 0 aromatic heterocycles. The number of hydrogen-bond acceptors (Lipinski definition) is 2. The minimum absolute atomic E-state index is 0.0108. The number of rotatable bonds is 11. The highest BCUT2D eigenvalue weighted by Gasteiger charge is 2.13. The zero-order valence-corrected chi connectivity index (χ0v) is 15.4. The Morgan fingerprint density at radius 2 is 1.61 bits per heavy atom. The molecular formula is C20H34N2O. The Labute approximate surface area is 142 Å². The molecule has 0 bridgehead atoms. The lowest BCUT2D eigenvalue weighted by atomic mass is 10.0. The second kappa shape index (κ2) is 11.2. The molecule has 0 radical (unpaired) electrons. The molecule has 130 valence electrons. The third-order valence-electron chi connectivity index (χ3n) is 4.34. The molecule has 0 aliphatic carbocycles. The number of carbonyl (C=O) groups is 1. The first-order chi connectivity index (χ1) is 11.1. The van der Waals surface area contributed by atoms with Crippen molar-refractivity contribution in [2.24, 2.45) is 0 Å². The highest BCUT2D eigenvalue weighted by Crippen LogP contribution is 2.11. The van der Waals surface area contributed by atoms with E-state index in [9.17, 15) is 4.79 Å². The molecular weight excluding hydrogens is 284 g/mol. The van der Waals surface area contributed by atoms with Gasteiger partial charge in [-0.05, 0) is 51.1 Å². The second-order valence-corrected chi connectivity index (χ2v) is 6.58. The Morgan fingerprint density at radius 3 is 2.17 bits per heavy atom. The molecule has 0 aliphatic heterocycles. The van der Waals surface area contributed by atoms with Crippen molar-refractivity contribution in [3.63, 3.8) is 0 Å². The fraction of sp³-hybridized carbons (Fsp3) is 0.650. The number of aryl methyl sites for hydroxylation is 1. The number of hydrogen-bond donors (Lipinski definition) is 1. The Bertz CT molecular complexity index is 439. The number of nitrogens with one attached hydrogen (secondary N) is 1. The number of benzene rings is 1. The lowest BCUT2D eigenvalue weighted by Gasteiger charge is -2.24. The summed E-state index contributed by atoms with van der Waals surface area (Å²) in [6, 6.07) is 8.09. The molecule has 23 heavy (non-hydrogen) atoms. The highest BCUT2D eigenvalue weighted by atomic mass is 16.1. The summed E-state index contributed by atoms with van der Waals surface area (Å²) < 4.78 is 0. The molecule has 1 N–H and O–H groups in total. The van der Waals surface area contributed by atoms with E-state index in [0.717, 1.165) is 18.4 Å². The number of amides is 1. The van der Waals surface area contributed by atoms with Crippen LogP contribution in [0.5, 0.6) is 0 Å². The van der Waals surface area contributed by atoms with Crippen LogP contribution in [0.4, 0.5) is 0 Å². The van der Waals surface area contributed by atoms with Gasteiger partial charge in [0.2, 0.25) is 0 Å². The van der Waals surface area contributed by atoms with Gasteiger partial charge in [-0.1, -0.05) is 58.1 Å². The van der Waals surface area contributed by atoms with Crippen LogP contribution >= 0.6 is 0 Å². The Morgan fingerprint density at radius 1 is 1.00 bits per heavy atom. The monoisotopic (exact) mass is 318 g/mol. The molecule has 0 saturated heterocycles. The fourth-order valence-corrected chi connectivity index (χ4v) is 2.76. The normalized spacial score (nSPS) is 12.4. The summed E-state index contributed by atoms with van der Waals surface area (Å²) in [5.74, 6) is 0.0108. The van der Waals surface area contributed by atoms with E-state index in [1.807, 2.05) is 31.1 Å². The predicted octanol–water partition coefficient (Wildman–Crippen LogP) is 4.62. The van der Waals surface area contributed by atoms with E-state index in [1.165, 1.54) is 44.1 Å². The van der Waals surface area contributed by atoms with Crippen molar-refractivity contribution in [1.29, 1.82) is 0 Å². The zero-order chi connectivity index (χ0) is 17.1. The third-order valence-corrected chi connectivity index (χ3v) is 4.34. The van der Waals surface area contributed by atoms with Gasteiger partial charge in [-0.15, -0.1) is 0 Å². The highest BCUT2D eigenvalue weighted by molar-refractivity contribution is 5.94. The maximum atomic E-state index is 12.3. The van der Waals surface area contributed by atoms with Crippen LogP contribution in [0.3, 0.4) is 0 Å². The van der Waals surface area contributed by atoms with Gasteiger partial charge in [0.25, 0.3) is 5.91 Å². The molecule has 0 aliphatic rings. The second-order valence-electron chi connectivity index (χ2n) is 6.58. The molecule has 0 heterocycles. The molecule has 1 rings (SSSR count). The standard InChI is InChI=1S/C20H34N2O/c1-5-7-8-9-10-11-12-17-13-15-18(16-14-17)20(23)21-19(6-2)22(3)4/h13-16,19H,5-12H2,1-4H3,(H,21,23). The van der Waals surface area contributed by atoms with Gasteiger partial charge in [0.05, 0.1) is 6.17 Å². The molecule has 1 aromatic carbocycles. The summed E-state index contributed by atoms with van der Waals surface area (Å²) in [6.07, 6.45) is 10.0.